The zero-order valence-electron chi connectivity index (χ0n) is 11.7. The van der Waals surface area contributed by atoms with Gasteiger partial charge in [0.15, 0.2) is 0 Å². The first-order valence-corrected chi connectivity index (χ1v) is 7.79. The van der Waals surface area contributed by atoms with Crippen molar-refractivity contribution in [1.82, 2.24) is 8.61 Å². The monoisotopic (exact) mass is 279 g/mol. The molecule has 6 nitrogen and oxygen atoms in total. The first kappa shape index (κ1) is 15.8. The third-order valence-electron chi connectivity index (χ3n) is 3.07. The fourth-order valence-corrected chi connectivity index (χ4v) is 4.06. The number of hydrogen-bond donors (Lipinski definition) is 1. The van der Waals surface area contributed by atoms with E-state index in [0.717, 1.165) is 0 Å². The molecule has 0 bridgehead atoms. The van der Waals surface area contributed by atoms with Crippen LogP contribution in [0.5, 0.6) is 0 Å². The molecule has 1 saturated heterocycles. The predicted molar refractivity (Wildman–Crippen MR) is 71.4 cm³/mol. The molecule has 2 N–H and O–H groups in total. The molecule has 0 aromatic heterocycles. The third-order valence-corrected chi connectivity index (χ3v) is 5.17. The summed E-state index contributed by atoms with van der Waals surface area (Å²) in [5.74, 6) is 0. The maximum absolute atomic E-state index is 12.5. The van der Waals surface area contributed by atoms with Crippen LogP contribution in [0.15, 0.2) is 0 Å². The fourth-order valence-electron chi connectivity index (χ4n) is 2.25. The van der Waals surface area contributed by atoms with Crippen LogP contribution in [0.4, 0.5) is 0 Å². The second-order valence-electron chi connectivity index (χ2n) is 5.12. The number of hydrogen-bond acceptors (Lipinski definition) is 4. The normalized spacial score (nSPS) is 25.6. The molecule has 1 fully saturated rings. The van der Waals surface area contributed by atoms with Gasteiger partial charge in [0.1, 0.15) is 0 Å². The maximum Gasteiger partial charge on any atom is 0.282 e. The molecular weight excluding hydrogens is 254 g/mol. The highest BCUT2D eigenvalue weighted by Gasteiger charge is 2.40. The minimum Gasteiger partial charge on any atom is -0.368 e. The van der Waals surface area contributed by atoms with E-state index < -0.39 is 15.8 Å². The number of nitrogens with two attached hydrogens (primary N) is 1. The lowest BCUT2D eigenvalue weighted by Gasteiger charge is -2.43. The third kappa shape index (κ3) is 3.42. The average Bonchev–Trinajstić information content (AvgIpc) is 2.28. The van der Waals surface area contributed by atoms with Crippen molar-refractivity contribution in [3.05, 3.63) is 0 Å². The van der Waals surface area contributed by atoms with E-state index in [2.05, 4.69) is 0 Å². The van der Waals surface area contributed by atoms with Gasteiger partial charge in [-0.2, -0.15) is 17.0 Å². The summed E-state index contributed by atoms with van der Waals surface area (Å²) >= 11 is 0. The Morgan fingerprint density at radius 3 is 2.39 bits per heavy atom. The van der Waals surface area contributed by atoms with Gasteiger partial charge in [-0.1, -0.05) is 13.8 Å². The summed E-state index contributed by atoms with van der Waals surface area (Å²) in [5.41, 5.74) is 5.11. The second-order valence-corrected chi connectivity index (χ2v) is 7.05. The van der Waals surface area contributed by atoms with Crippen molar-refractivity contribution >= 4 is 10.2 Å². The van der Waals surface area contributed by atoms with Crippen molar-refractivity contribution in [3.8, 4) is 0 Å². The molecule has 0 radical (unpaired) electrons. The molecule has 0 aromatic rings. The van der Waals surface area contributed by atoms with E-state index >= 15 is 0 Å². The van der Waals surface area contributed by atoms with Gasteiger partial charge in [0.25, 0.3) is 10.2 Å². The number of morpholine rings is 1. The van der Waals surface area contributed by atoms with Crippen molar-refractivity contribution in [3.63, 3.8) is 0 Å². The van der Waals surface area contributed by atoms with Gasteiger partial charge in [0.05, 0.1) is 11.7 Å². The summed E-state index contributed by atoms with van der Waals surface area (Å²) in [4.78, 5) is 0. The molecule has 0 amide bonds. The van der Waals surface area contributed by atoms with Crippen LogP contribution in [0.25, 0.3) is 0 Å². The Labute approximate surface area is 110 Å². The minimum absolute atomic E-state index is 0.237. The standard InChI is InChI=1S/C11H25N3O3S/c1-5-13(6-2)18(15,16)14-8-10(7-12)17-11(3,4)9-14/h10H,5-9,12H2,1-4H3. The van der Waals surface area contributed by atoms with Gasteiger partial charge in [0.2, 0.25) is 0 Å². The van der Waals surface area contributed by atoms with Gasteiger partial charge in [-0.25, -0.2) is 0 Å². The maximum atomic E-state index is 12.5. The Kier molecular flexibility index (Phi) is 5.13. The van der Waals surface area contributed by atoms with Crippen LogP contribution in [-0.2, 0) is 14.9 Å². The average molecular weight is 279 g/mol. The highest BCUT2D eigenvalue weighted by Crippen LogP contribution is 2.24. The summed E-state index contributed by atoms with van der Waals surface area (Å²) in [5, 5.41) is 0. The van der Waals surface area contributed by atoms with Crippen molar-refractivity contribution in [2.24, 2.45) is 5.73 Å². The molecule has 0 aromatic carbocycles. The summed E-state index contributed by atoms with van der Waals surface area (Å²) in [6.45, 7) is 9.43. The van der Waals surface area contributed by atoms with Crippen LogP contribution in [0.2, 0.25) is 0 Å². The molecular formula is C11H25N3O3S. The van der Waals surface area contributed by atoms with Crippen LogP contribution in [-0.4, -0.2) is 61.5 Å². The molecule has 1 aliphatic rings. The van der Waals surface area contributed by atoms with Gasteiger partial charge in [-0.05, 0) is 13.8 Å². The van der Waals surface area contributed by atoms with Crippen molar-refractivity contribution in [2.45, 2.75) is 39.4 Å². The van der Waals surface area contributed by atoms with Crippen LogP contribution in [0.1, 0.15) is 27.7 Å². The van der Waals surface area contributed by atoms with Gasteiger partial charge in [-0.3, -0.25) is 0 Å². The largest absolute Gasteiger partial charge is 0.368 e. The first-order chi connectivity index (χ1) is 8.26. The van der Waals surface area contributed by atoms with Gasteiger partial charge in [-0.15, -0.1) is 0 Å². The zero-order valence-corrected chi connectivity index (χ0v) is 12.5. The topological polar surface area (TPSA) is 75.9 Å². The number of rotatable bonds is 5. The summed E-state index contributed by atoms with van der Waals surface area (Å²) in [6, 6.07) is 0. The molecule has 18 heavy (non-hydrogen) atoms. The summed E-state index contributed by atoms with van der Waals surface area (Å²) in [7, 11) is -3.41. The molecule has 0 saturated carbocycles. The lowest BCUT2D eigenvalue weighted by atomic mass is 10.1. The fraction of sp³-hybridized carbons (Fsp3) is 1.00. The smallest absolute Gasteiger partial charge is 0.282 e. The van der Waals surface area contributed by atoms with Crippen LogP contribution in [0.3, 0.4) is 0 Å². The van der Waals surface area contributed by atoms with E-state index in [1.807, 2.05) is 27.7 Å². The van der Waals surface area contributed by atoms with E-state index in [1.54, 1.807) is 0 Å². The molecule has 1 aliphatic heterocycles. The van der Waals surface area contributed by atoms with Crippen molar-refractivity contribution < 1.29 is 13.2 Å². The Hall–Kier alpha value is -0.210. The molecule has 108 valence electrons. The van der Waals surface area contributed by atoms with E-state index in [4.69, 9.17) is 10.5 Å². The van der Waals surface area contributed by atoms with E-state index in [-0.39, 0.29) is 6.10 Å². The molecule has 1 atom stereocenters. The van der Waals surface area contributed by atoms with E-state index in [1.165, 1.54) is 8.61 Å². The Bertz CT molecular complexity index is 366. The Morgan fingerprint density at radius 2 is 1.94 bits per heavy atom. The van der Waals surface area contributed by atoms with Crippen LogP contribution >= 0.6 is 0 Å². The molecule has 0 aliphatic carbocycles. The van der Waals surface area contributed by atoms with E-state index in [0.29, 0.717) is 32.7 Å². The second kappa shape index (κ2) is 5.83. The lowest BCUT2D eigenvalue weighted by molar-refractivity contribution is -0.113. The summed E-state index contributed by atoms with van der Waals surface area (Å²) in [6.07, 6.45) is -0.237. The van der Waals surface area contributed by atoms with Gasteiger partial charge in [0, 0.05) is 32.7 Å². The number of ether oxygens (including phenoxy) is 1. The highest BCUT2D eigenvalue weighted by atomic mass is 32.2. The SMILES string of the molecule is CCN(CC)S(=O)(=O)N1CC(CN)OC(C)(C)C1. The molecule has 1 rings (SSSR count). The quantitative estimate of drug-likeness (QED) is 0.769. The number of nitrogens with zero attached hydrogens (tertiary/aromatic N) is 2. The van der Waals surface area contributed by atoms with Gasteiger partial charge < -0.3 is 10.5 Å². The Morgan fingerprint density at radius 1 is 1.39 bits per heavy atom. The molecule has 1 heterocycles. The van der Waals surface area contributed by atoms with E-state index in [9.17, 15) is 8.42 Å². The van der Waals surface area contributed by atoms with Gasteiger partial charge >= 0.3 is 0 Å². The van der Waals surface area contributed by atoms with Crippen molar-refractivity contribution in [1.29, 1.82) is 0 Å². The lowest BCUT2D eigenvalue weighted by Crippen LogP contribution is -2.58. The van der Waals surface area contributed by atoms with Crippen LogP contribution in [0, 0.1) is 0 Å². The molecule has 0 spiro atoms. The Balaban J connectivity index is 2.94. The van der Waals surface area contributed by atoms with Crippen LogP contribution < -0.4 is 5.73 Å². The minimum atomic E-state index is -3.41. The molecule has 7 heteroatoms. The molecule has 1 unspecified atom stereocenters. The predicted octanol–water partition coefficient (Wildman–Crippen LogP) is 0.0111. The zero-order chi connectivity index (χ0) is 14.0. The first-order valence-electron chi connectivity index (χ1n) is 6.40. The summed E-state index contributed by atoms with van der Waals surface area (Å²) < 4.78 is 33.6. The highest BCUT2D eigenvalue weighted by molar-refractivity contribution is 7.86. The van der Waals surface area contributed by atoms with Crippen molar-refractivity contribution in [2.75, 3.05) is 32.7 Å².